The van der Waals surface area contributed by atoms with Gasteiger partial charge in [-0.25, -0.2) is 0 Å². The molecule has 4 nitrogen and oxygen atoms in total. The maximum absolute atomic E-state index is 11.3. The van der Waals surface area contributed by atoms with E-state index in [1.165, 1.54) is 6.20 Å². The normalized spacial score (nSPS) is 12.1. The molecule has 1 N–H and O–H groups in total. The van der Waals surface area contributed by atoms with Crippen molar-refractivity contribution in [1.29, 1.82) is 0 Å². The fourth-order valence-electron chi connectivity index (χ4n) is 1.89. The molecule has 0 saturated carbocycles. The standard InChI is InChI=1S/C14H14N2O2/c1-10-4-2-5-11(8-10)9-12(14(17)18)13-6-3-7-15-16-13/h2-8,12H,9H2,1H3,(H,17,18). The summed E-state index contributed by atoms with van der Waals surface area (Å²) in [6.45, 7) is 1.99. The van der Waals surface area contributed by atoms with Gasteiger partial charge < -0.3 is 5.11 Å². The number of aromatic nitrogens is 2. The molecular formula is C14H14N2O2. The van der Waals surface area contributed by atoms with E-state index >= 15 is 0 Å². The van der Waals surface area contributed by atoms with Gasteiger partial charge in [-0.15, -0.1) is 0 Å². The molecule has 0 aliphatic rings. The largest absolute Gasteiger partial charge is 0.481 e. The zero-order chi connectivity index (χ0) is 13.0. The molecule has 1 aromatic heterocycles. The van der Waals surface area contributed by atoms with E-state index in [-0.39, 0.29) is 0 Å². The van der Waals surface area contributed by atoms with Gasteiger partial charge in [-0.2, -0.15) is 10.2 Å². The highest BCUT2D eigenvalue weighted by atomic mass is 16.4. The summed E-state index contributed by atoms with van der Waals surface area (Å²) >= 11 is 0. The van der Waals surface area contributed by atoms with Crippen LogP contribution in [0.5, 0.6) is 0 Å². The Kier molecular flexibility index (Phi) is 3.67. The summed E-state index contributed by atoms with van der Waals surface area (Å²) in [6, 6.07) is 11.2. The van der Waals surface area contributed by atoms with E-state index in [2.05, 4.69) is 10.2 Å². The number of aryl methyl sites for hydroxylation is 1. The lowest BCUT2D eigenvalue weighted by molar-refractivity contribution is -0.138. The summed E-state index contributed by atoms with van der Waals surface area (Å²) < 4.78 is 0. The third-order valence-electron chi connectivity index (χ3n) is 2.77. The molecular weight excluding hydrogens is 228 g/mol. The number of carbonyl (C=O) groups is 1. The Balaban J connectivity index is 2.25. The Morgan fingerprint density at radius 2 is 2.17 bits per heavy atom. The van der Waals surface area contributed by atoms with Crippen LogP contribution in [0.4, 0.5) is 0 Å². The quantitative estimate of drug-likeness (QED) is 0.892. The third-order valence-corrected chi connectivity index (χ3v) is 2.77. The molecule has 0 spiro atoms. The van der Waals surface area contributed by atoms with Crippen LogP contribution in [0.15, 0.2) is 42.6 Å². The first-order valence-electron chi connectivity index (χ1n) is 5.73. The van der Waals surface area contributed by atoms with Gasteiger partial charge in [0.15, 0.2) is 0 Å². The number of aliphatic carboxylic acids is 1. The van der Waals surface area contributed by atoms with Crippen LogP contribution in [0.3, 0.4) is 0 Å². The van der Waals surface area contributed by atoms with Gasteiger partial charge in [0.05, 0.1) is 5.69 Å². The Bertz CT molecular complexity index is 541. The molecule has 0 saturated heterocycles. The first kappa shape index (κ1) is 12.2. The molecule has 1 atom stereocenters. The van der Waals surface area contributed by atoms with Crippen LogP contribution in [-0.2, 0) is 11.2 Å². The number of nitrogens with zero attached hydrogens (tertiary/aromatic N) is 2. The van der Waals surface area contributed by atoms with E-state index in [4.69, 9.17) is 0 Å². The van der Waals surface area contributed by atoms with E-state index in [9.17, 15) is 9.90 Å². The van der Waals surface area contributed by atoms with E-state index in [0.717, 1.165) is 11.1 Å². The molecule has 1 heterocycles. The summed E-state index contributed by atoms with van der Waals surface area (Å²) in [5, 5.41) is 16.9. The molecule has 4 heteroatoms. The third kappa shape index (κ3) is 2.91. The second-order valence-corrected chi connectivity index (χ2v) is 4.23. The predicted octanol–water partition coefficient (Wildman–Crippen LogP) is 2.20. The van der Waals surface area contributed by atoms with Gasteiger partial charge in [0, 0.05) is 6.20 Å². The summed E-state index contributed by atoms with van der Waals surface area (Å²) in [5.74, 6) is -1.53. The van der Waals surface area contributed by atoms with E-state index in [1.54, 1.807) is 12.1 Å². The molecule has 92 valence electrons. The summed E-state index contributed by atoms with van der Waals surface area (Å²) in [4.78, 5) is 11.3. The van der Waals surface area contributed by atoms with Crippen LogP contribution < -0.4 is 0 Å². The molecule has 0 radical (unpaired) electrons. The molecule has 0 amide bonds. The number of carboxylic acids is 1. The first-order valence-corrected chi connectivity index (χ1v) is 5.73. The zero-order valence-corrected chi connectivity index (χ0v) is 10.1. The van der Waals surface area contributed by atoms with Crippen molar-refractivity contribution in [3.05, 3.63) is 59.4 Å². The fourth-order valence-corrected chi connectivity index (χ4v) is 1.89. The highest BCUT2D eigenvalue weighted by Gasteiger charge is 2.21. The van der Waals surface area contributed by atoms with E-state index < -0.39 is 11.9 Å². The second kappa shape index (κ2) is 5.40. The number of rotatable bonds is 4. The topological polar surface area (TPSA) is 63.1 Å². The average molecular weight is 242 g/mol. The second-order valence-electron chi connectivity index (χ2n) is 4.23. The van der Waals surface area contributed by atoms with E-state index in [0.29, 0.717) is 12.1 Å². The monoisotopic (exact) mass is 242 g/mol. The van der Waals surface area contributed by atoms with Crippen LogP contribution in [0.25, 0.3) is 0 Å². The van der Waals surface area contributed by atoms with Gasteiger partial charge >= 0.3 is 5.97 Å². The van der Waals surface area contributed by atoms with E-state index in [1.807, 2.05) is 31.2 Å². The van der Waals surface area contributed by atoms with Crippen LogP contribution in [-0.4, -0.2) is 21.3 Å². The van der Waals surface area contributed by atoms with Crippen molar-refractivity contribution >= 4 is 5.97 Å². The highest BCUT2D eigenvalue weighted by molar-refractivity contribution is 5.75. The van der Waals surface area contributed by atoms with Gasteiger partial charge in [-0.3, -0.25) is 4.79 Å². The molecule has 0 aliphatic carbocycles. The van der Waals surface area contributed by atoms with Crippen molar-refractivity contribution in [2.75, 3.05) is 0 Å². The Labute approximate surface area is 105 Å². The van der Waals surface area contributed by atoms with Crippen molar-refractivity contribution < 1.29 is 9.90 Å². The number of hydrogen-bond donors (Lipinski definition) is 1. The van der Waals surface area contributed by atoms with Crippen molar-refractivity contribution in [2.24, 2.45) is 0 Å². The number of carboxylic acid groups (broad SMARTS) is 1. The summed E-state index contributed by atoms with van der Waals surface area (Å²) in [7, 11) is 0. The van der Waals surface area contributed by atoms with Crippen molar-refractivity contribution in [2.45, 2.75) is 19.3 Å². The average Bonchev–Trinajstić information content (AvgIpc) is 2.37. The summed E-state index contributed by atoms with van der Waals surface area (Å²) in [6.07, 6.45) is 1.96. The van der Waals surface area contributed by atoms with Gasteiger partial charge in [-0.1, -0.05) is 29.8 Å². The molecule has 1 aromatic carbocycles. The summed E-state index contributed by atoms with van der Waals surface area (Å²) in [5.41, 5.74) is 2.61. The smallest absolute Gasteiger partial charge is 0.313 e. The van der Waals surface area contributed by atoms with Crippen LogP contribution in [0.2, 0.25) is 0 Å². The minimum absolute atomic E-state index is 0.426. The van der Waals surface area contributed by atoms with Crippen molar-refractivity contribution in [3.8, 4) is 0 Å². The predicted molar refractivity (Wildman–Crippen MR) is 67.3 cm³/mol. The molecule has 0 aliphatic heterocycles. The van der Waals surface area contributed by atoms with Crippen LogP contribution in [0, 0.1) is 6.92 Å². The fraction of sp³-hybridized carbons (Fsp3) is 0.214. The molecule has 0 fully saturated rings. The Morgan fingerprint density at radius 1 is 1.33 bits per heavy atom. The van der Waals surface area contributed by atoms with Crippen molar-refractivity contribution in [3.63, 3.8) is 0 Å². The first-order chi connectivity index (χ1) is 8.66. The minimum Gasteiger partial charge on any atom is -0.481 e. The lowest BCUT2D eigenvalue weighted by Gasteiger charge is -2.11. The maximum atomic E-state index is 11.3. The van der Waals surface area contributed by atoms with Gasteiger partial charge in [0.2, 0.25) is 0 Å². The maximum Gasteiger partial charge on any atom is 0.313 e. The van der Waals surface area contributed by atoms with Gasteiger partial charge in [0.25, 0.3) is 0 Å². The lowest BCUT2D eigenvalue weighted by atomic mass is 9.95. The molecule has 2 aromatic rings. The minimum atomic E-state index is -0.878. The zero-order valence-electron chi connectivity index (χ0n) is 10.1. The number of benzene rings is 1. The van der Waals surface area contributed by atoms with Crippen molar-refractivity contribution in [1.82, 2.24) is 10.2 Å². The van der Waals surface area contributed by atoms with Gasteiger partial charge in [-0.05, 0) is 31.0 Å². The Morgan fingerprint density at radius 3 is 2.78 bits per heavy atom. The highest BCUT2D eigenvalue weighted by Crippen LogP contribution is 2.19. The molecule has 18 heavy (non-hydrogen) atoms. The van der Waals surface area contributed by atoms with Gasteiger partial charge in [0.1, 0.15) is 5.92 Å². The SMILES string of the molecule is Cc1cccc(CC(C(=O)O)c2cccnn2)c1. The van der Waals surface area contributed by atoms with Crippen LogP contribution in [0.1, 0.15) is 22.7 Å². The molecule has 0 bridgehead atoms. The lowest BCUT2D eigenvalue weighted by Crippen LogP contribution is -2.16. The molecule has 2 rings (SSSR count). The van der Waals surface area contributed by atoms with Crippen LogP contribution >= 0.6 is 0 Å². The number of hydrogen-bond acceptors (Lipinski definition) is 3. The Hall–Kier alpha value is -2.23. The molecule has 1 unspecified atom stereocenters.